The molecule has 0 amide bonds. The van der Waals surface area contributed by atoms with E-state index < -0.39 is 0 Å². The Morgan fingerprint density at radius 2 is 2.29 bits per heavy atom. The average molecular weight is 114 g/mol. The lowest BCUT2D eigenvalue weighted by atomic mass is 11.3. The summed E-state index contributed by atoms with van der Waals surface area (Å²) in [5.41, 5.74) is 0. The van der Waals surface area contributed by atoms with Gasteiger partial charge in [-0.1, -0.05) is 6.58 Å². The van der Waals surface area contributed by atoms with Crippen molar-refractivity contribution in [2.24, 2.45) is 9.39 Å². The van der Waals surface area contributed by atoms with Crippen molar-refractivity contribution in [2.45, 2.75) is 0 Å². The molecule has 0 saturated carbocycles. The van der Waals surface area contributed by atoms with Crippen molar-refractivity contribution in [3.63, 3.8) is 0 Å². The maximum absolute atomic E-state index is 3.65. The summed E-state index contributed by atoms with van der Waals surface area (Å²) < 4.78 is 3.65. The van der Waals surface area contributed by atoms with Crippen LogP contribution in [-0.4, -0.2) is 13.1 Å². The van der Waals surface area contributed by atoms with Crippen molar-refractivity contribution >= 4 is 25.0 Å². The highest BCUT2D eigenvalue weighted by molar-refractivity contribution is 8.00. The van der Waals surface area contributed by atoms with E-state index in [-0.39, 0.29) is 0 Å². The highest BCUT2D eigenvalue weighted by Gasteiger charge is 1.60. The Morgan fingerprint density at radius 3 is 2.71 bits per heavy atom. The number of rotatable bonds is 3. The van der Waals surface area contributed by atoms with Gasteiger partial charge in [0, 0.05) is 11.9 Å². The molecule has 0 aromatic heterocycles. The third kappa shape index (κ3) is 5.43. The van der Waals surface area contributed by atoms with E-state index >= 15 is 0 Å². The van der Waals surface area contributed by atoms with Crippen molar-refractivity contribution in [2.75, 3.05) is 0 Å². The smallest absolute Gasteiger partial charge is 0.123 e. The van der Waals surface area contributed by atoms with Crippen molar-refractivity contribution in [3.05, 3.63) is 12.0 Å². The van der Waals surface area contributed by atoms with Crippen LogP contribution in [-0.2, 0) is 0 Å². The van der Waals surface area contributed by atoms with Gasteiger partial charge in [-0.3, -0.25) is 4.99 Å². The molecule has 0 N–H and O–H groups in total. The second-order valence-corrected chi connectivity index (χ2v) is 1.43. The van der Waals surface area contributed by atoms with Crippen LogP contribution in [0.15, 0.2) is 21.4 Å². The summed E-state index contributed by atoms with van der Waals surface area (Å²) in [6.07, 6.45) is 1.37. The normalized spacial score (nSPS) is 9.14. The van der Waals surface area contributed by atoms with Crippen LogP contribution in [0.25, 0.3) is 0 Å². The molecular weight excluding hydrogens is 108 g/mol. The molecule has 0 heterocycles. The van der Waals surface area contributed by atoms with Crippen LogP contribution in [0.2, 0.25) is 0 Å². The first-order valence-electron chi connectivity index (χ1n) is 1.66. The number of aliphatic imine (C=N–C) groups is 1. The maximum atomic E-state index is 3.65. The fraction of sp³-hybridized carbons (Fsp3) is 0. The van der Waals surface area contributed by atoms with Crippen LogP contribution >= 0.6 is 11.9 Å². The Kier molecular flexibility index (Phi) is 4.99. The molecule has 0 unspecified atom stereocenters. The molecule has 3 heteroatoms. The minimum Gasteiger partial charge on any atom is -0.252 e. The predicted molar refractivity (Wildman–Crippen MR) is 35.8 cm³/mol. The predicted octanol–water partition coefficient (Wildman–Crippen LogP) is 1.51. The van der Waals surface area contributed by atoms with Crippen molar-refractivity contribution < 1.29 is 0 Å². The van der Waals surface area contributed by atoms with Crippen molar-refractivity contribution in [1.82, 2.24) is 0 Å². The third-order valence-electron chi connectivity index (χ3n) is 0.264. The molecule has 0 fully saturated rings. The lowest BCUT2D eigenvalue weighted by Gasteiger charge is -1.71. The zero-order chi connectivity index (χ0) is 5.54. The molecule has 0 aliphatic carbocycles. The van der Waals surface area contributed by atoms with E-state index in [4.69, 9.17) is 0 Å². The molecule has 0 rings (SSSR count). The molecule has 0 bridgehead atoms. The van der Waals surface area contributed by atoms with Crippen LogP contribution < -0.4 is 0 Å². The molecule has 0 saturated heterocycles. The van der Waals surface area contributed by atoms with Crippen molar-refractivity contribution in [1.29, 1.82) is 0 Å². The molecule has 2 nitrogen and oxygen atoms in total. The van der Waals surface area contributed by atoms with Gasteiger partial charge in [0.25, 0.3) is 0 Å². The van der Waals surface area contributed by atoms with E-state index in [1.807, 2.05) is 0 Å². The van der Waals surface area contributed by atoms with E-state index in [0.717, 1.165) is 0 Å². The van der Waals surface area contributed by atoms with Gasteiger partial charge in [0.05, 0.1) is 0 Å². The fourth-order valence-corrected chi connectivity index (χ4v) is 0.311. The Balaban J connectivity index is 3.08. The van der Waals surface area contributed by atoms with E-state index in [2.05, 4.69) is 22.7 Å². The van der Waals surface area contributed by atoms with Crippen LogP contribution in [0.3, 0.4) is 0 Å². The highest BCUT2D eigenvalue weighted by Crippen LogP contribution is 1.97. The Bertz CT molecular complexity index is 87.7. The minimum atomic E-state index is 1.23. The lowest BCUT2D eigenvalue weighted by Crippen LogP contribution is -1.53. The Labute approximate surface area is 47.2 Å². The first kappa shape index (κ1) is 6.43. The lowest BCUT2D eigenvalue weighted by molar-refractivity contribution is 1.79. The molecule has 0 spiro atoms. The Hall–Kier alpha value is -0.570. The molecule has 0 aliphatic heterocycles. The first-order valence-corrected chi connectivity index (χ1v) is 2.50. The molecule has 0 radical (unpaired) electrons. The van der Waals surface area contributed by atoms with Gasteiger partial charge in [-0.2, -0.15) is 0 Å². The third-order valence-corrected chi connectivity index (χ3v) is 0.629. The average Bonchev–Trinajstić information content (AvgIpc) is 1.69. The van der Waals surface area contributed by atoms with Crippen LogP contribution in [0.1, 0.15) is 0 Å². The van der Waals surface area contributed by atoms with E-state index in [0.29, 0.717) is 0 Å². The summed E-state index contributed by atoms with van der Waals surface area (Å²) in [7, 11) is 0. The summed E-state index contributed by atoms with van der Waals surface area (Å²) in [4.78, 5) is 3.36. The summed E-state index contributed by atoms with van der Waals surface area (Å²) in [5, 5.41) is 1.61. The summed E-state index contributed by atoms with van der Waals surface area (Å²) in [6.45, 7) is 6.61. The van der Waals surface area contributed by atoms with Gasteiger partial charge in [0.1, 0.15) is 6.34 Å². The summed E-state index contributed by atoms with van der Waals surface area (Å²) >= 11 is 1.23. The fourth-order valence-electron chi connectivity index (χ4n) is 0.104. The van der Waals surface area contributed by atoms with Crippen LogP contribution in [0.5, 0.6) is 0 Å². The van der Waals surface area contributed by atoms with E-state index in [9.17, 15) is 0 Å². The molecule has 0 aromatic rings. The molecule has 0 aromatic carbocycles. The van der Waals surface area contributed by atoms with E-state index in [1.165, 1.54) is 18.3 Å². The number of hydrogen-bond acceptors (Lipinski definition) is 2. The SMILES string of the molecule is C=CSN=CN=C. The number of hydrogen-bond donors (Lipinski definition) is 0. The van der Waals surface area contributed by atoms with Gasteiger partial charge < -0.3 is 0 Å². The largest absolute Gasteiger partial charge is 0.252 e. The van der Waals surface area contributed by atoms with E-state index in [1.54, 1.807) is 5.41 Å². The molecule has 0 atom stereocenters. The van der Waals surface area contributed by atoms with Gasteiger partial charge in [-0.25, -0.2) is 4.40 Å². The van der Waals surface area contributed by atoms with Gasteiger partial charge in [0.2, 0.25) is 0 Å². The Morgan fingerprint density at radius 1 is 1.57 bits per heavy atom. The molecule has 7 heavy (non-hydrogen) atoms. The summed E-state index contributed by atoms with van der Waals surface area (Å²) in [6, 6.07) is 0. The topological polar surface area (TPSA) is 24.7 Å². The quantitative estimate of drug-likeness (QED) is 0.310. The zero-order valence-electron chi connectivity index (χ0n) is 3.87. The van der Waals surface area contributed by atoms with Gasteiger partial charge in [-0.15, -0.1) is 0 Å². The van der Waals surface area contributed by atoms with Gasteiger partial charge >= 0.3 is 0 Å². The summed E-state index contributed by atoms with van der Waals surface area (Å²) in [5.74, 6) is 0. The van der Waals surface area contributed by atoms with Gasteiger partial charge in [-0.05, 0) is 12.1 Å². The van der Waals surface area contributed by atoms with Crippen molar-refractivity contribution in [3.8, 4) is 0 Å². The second-order valence-electron chi connectivity index (χ2n) is 0.676. The first-order chi connectivity index (χ1) is 3.41. The molecule has 38 valence electrons. The highest BCUT2D eigenvalue weighted by atomic mass is 32.2. The maximum Gasteiger partial charge on any atom is 0.123 e. The number of nitrogens with zero attached hydrogens (tertiary/aromatic N) is 2. The standard InChI is InChI=1S/C4H6N2S/c1-3-7-6-4-5-2/h3-4H,1-2H2. The molecular formula is C4H6N2S. The van der Waals surface area contributed by atoms with Gasteiger partial charge in [0.15, 0.2) is 0 Å². The zero-order valence-corrected chi connectivity index (χ0v) is 4.69. The van der Waals surface area contributed by atoms with Crippen LogP contribution in [0.4, 0.5) is 0 Å². The molecule has 0 aliphatic rings. The minimum absolute atomic E-state index is 1.23. The monoisotopic (exact) mass is 114 g/mol. The van der Waals surface area contributed by atoms with Crippen LogP contribution in [0, 0.1) is 0 Å². The second kappa shape index (κ2) is 5.43.